The van der Waals surface area contributed by atoms with Crippen molar-refractivity contribution in [2.24, 2.45) is 5.92 Å². The van der Waals surface area contributed by atoms with Crippen LogP contribution in [-0.2, 0) is 4.79 Å². The number of rotatable bonds is 3. The Hall–Kier alpha value is 0.880. The Morgan fingerprint density at radius 1 is 1.82 bits per heavy atom. The maximum atomic E-state index is 11.2. The fourth-order valence-electron chi connectivity index (χ4n) is 1.14. The second kappa shape index (κ2) is 4.80. The van der Waals surface area contributed by atoms with Gasteiger partial charge in [0.2, 0.25) is 0 Å². The topological polar surface area (TPSA) is 32.3 Å². The molecule has 0 amide bonds. The smallest absolute Gasteiger partial charge is 0.152 e. The third-order valence-electron chi connectivity index (χ3n) is 1.72. The molecule has 4 unspecified atom stereocenters. The Labute approximate surface area is 73.2 Å². The van der Waals surface area contributed by atoms with Crippen molar-refractivity contribution in [1.82, 2.24) is 9.76 Å². The van der Waals surface area contributed by atoms with Gasteiger partial charge in [-0.2, -0.15) is 0 Å². The largest absolute Gasteiger partial charge is 0.298 e. The molecule has 1 fully saturated rings. The van der Waals surface area contributed by atoms with Gasteiger partial charge >= 0.3 is 0 Å². The number of ketones is 1. The number of hydrogen-bond acceptors (Lipinski definition) is 3. The molecule has 0 aromatic heterocycles. The Balaban J connectivity index is 2.29. The maximum Gasteiger partial charge on any atom is 0.152 e. The van der Waals surface area contributed by atoms with Crippen LogP contribution in [0, 0.1) is 5.92 Å². The van der Waals surface area contributed by atoms with E-state index in [9.17, 15) is 4.79 Å². The molecule has 1 saturated heterocycles. The van der Waals surface area contributed by atoms with Crippen molar-refractivity contribution in [2.45, 2.75) is 0 Å². The molecule has 0 radical (unpaired) electrons. The summed E-state index contributed by atoms with van der Waals surface area (Å²) in [5.74, 6) is 0.566. The van der Waals surface area contributed by atoms with E-state index in [1.54, 1.807) is 0 Å². The fourth-order valence-corrected chi connectivity index (χ4v) is 2.29. The molecular formula is C5H13N2OP3. The highest BCUT2D eigenvalue weighted by molar-refractivity contribution is 8.01. The van der Waals surface area contributed by atoms with Crippen LogP contribution in [0.5, 0.6) is 0 Å². The maximum absolute atomic E-state index is 11.2. The lowest BCUT2D eigenvalue weighted by molar-refractivity contribution is -0.119. The first-order valence-corrected chi connectivity index (χ1v) is 6.77. The Morgan fingerprint density at radius 3 is 3.00 bits per heavy atom. The second-order valence-corrected chi connectivity index (χ2v) is 4.86. The molecule has 3 nitrogen and oxygen atoms in total. The quantitative estimate of drug-likeness (QED) is 0.677. The highest BCUT2D eigenvalue weighted by Gasteiger charge is 2.27. The minimum atomic E-state index is 0.209. The molecule has 0 bridgehead atoms. The first-order valence-electron chi connectivity index (χ1n) is 3.45. The number of Topliss-reactive ketones (excluding diaryl/α,β-unsaturated/α-hetero) is 1. The Kier molecular flexibility index (Phi) is 4.34. The van der Waals surface area contributed by atoms with Gasteiger partial charge in [-0.3, -0.25) is 14.6 Å². The summed E-state index contributed by atoms with van der Waals surface area (Å²) in [5.41, 5.74) is 0. The summed E-state index contributed by atoms with van der Waals surface area (Å²) in [5, 5.41) is 3.18. The molecule has 1 N–H and O–H groups in total. The summed E-state index contributed by atoms with van der Waals surface area (Å²) in [7, 11) is 5.84. The predicted octanol–water partition coefficient (Wildman–Crippen LogP) is 0.251. The van der Waals surface area contributed by atoms with Gasteiger partial charge in [0.1, 0.15) is 0 Å². The normalized spacial score (nSPS) is 27.5. The average molecular weight is 210 g/mol. The van der Waals surface area contributed by atoms with Crippen molar-refractivity contribution in [3.8, 4) is 0 Å². The standard InChI is InChI=1S/C5H13N2OP3/c8-5-3-7(9)2-4(5)1-6-11-10/h4,6,11H,1-3,9-10H2. The summed E-state index contributed by atoms with van der Waals surface area (Å²) in [4.78, 5) is 11.2. The van der Waals surface area contributed by atoms with Crippen molar-refractivity contribution < 1.29 is 4.79 Å². The van der Waals surface area contributed by atoms with Crippen molar-refractivity contribution >= 4 is 32.5 Å². The SMILES string of the molecule is O=C1CN(P)CC1CNPP. The van der Waals surface area contributed by atoms with E-state index in [-0.39, 0.29) is 5.92 Å². The Morgan fingerprint density at radius 2 is 2.55 bits per heavy atom. The molecule has 0 spiro atoms. The van der Waals surface area contributed by atoms with Crippen LogP contribution in [-0.4, -0.2) is 30.1 Å². The van der Waals surface area contributed by atoms with Crippen LogP contribution in [0.2, 0.25) is 0 Å². The van der Waals surface area contributed by atoms with E-state index < -0.39 is 0 Å². The number of carbonyl (C=O) groups is 1. The van der Waals surface area contributed by atoms with Crippen LogP contribution in [0.3, 0.4) is 0 Å². The highest BCUT2D eigenvalue weighted by atomic mass is 32.0. The number of carbonyl (C=O) groups excluding carboxylic acids is 1. The molecule has 1 aliphatic rings. The van der Waals surface area contributed by atoms with Crippen LogP contribution in [0.25, 0.3) is 0 Å². The summed E-state index contributed by atoms with van der Waals surface area (Å²) in [6, 6.07) is 0. The molecule has 1 rings (SSSR count). The summed E-state index contributed by atoms with van der Waals surface area (Å²) in [6.45, 7) is 2.30. The molecular weight excluding hydrogens is 197 g/mol. The molecule has 0 aromatic carbocycles. The third-order valence-corrected chi connectivity index (χ3v) is 3.13. The van der Waals surface area contributed by atoms with Crippen LogP contribution >= 0.6 is 26.7 Å². The van der Waals surface area contributed by atoms with Gasteiger partial charge in [-0.25, -0.2) is 0 Å². The monoisotopic (exact) mass is 210 g/mol. The van der Waals surface area contributed by atoms with E-state index in [2.05, 4.69) is 23.4 Å². The highest BCUT2D eigenvalue weighted by Crippen LogP contribution is 2.19. The first-order chi connectivity index (χ1) is 5.24. The van der Waals surface area contributed by atoms with E-state index in [0.29, 0.717) is 20.7 Å². The first kappa shape index (κ1) is 9.96. The summed E-state index contributed by atoms with van der Waals surface area (Å²) < 4.78 is 1.99. The van der Waals surface area contributed by atoms with Gasteiger partial charge in [-0.15, -0.1) is 0 Å². The van der Waals surface area contributed by atoms with E-state index in [4.69, 9.17) is 0 Å². The van der Waals surface area contributed by atoms with Crippen LogP contribution in [0.1, 0.15) is 0 Å². The van der Waals surface area contributed by atoms with Crippen molar-refractivity contribution in [3.05, 3.63) is 0 Å². The van der Waals surface area contributed by atoms with Crippen molar-refractivity contribution in [3.63, 3.8) is 0 Å². The fraction of sp³-hybridized carbons (Fsp3) is 0.800. The molecule has 0 aliphatic carbocycles. The van der Waals surface area contributed by atoms with Gasteiger partial charge in [-0.05, 0) is 8.42 Å². The predicted molar refractivity (Wildman–Crippen MR) is 55.8 cm³/mol. The molecule has 1 heterocycles. The Bertz CT molecular complexity index is 155. The molecule has 4 atom stereocenters. The number of hydrogen-bond donors (Lipinski definition) is 1. The van der Waals surface area contributed by atoms with Gasteiger partial charge in [0, 0.05) is 19.0 Å². The zero-order valence-corrected chi connectivity index (χ0v) is 9.52. The summed E-state index contributed by atoms with van der Waals surface area (Å²) >= 11 is 0. The van der Waals surface area contributed by atoms with Crippen LogP contribution in [0.4, 0.5) is 0 Å². The second-order valence-electron chi connectivity index (χ2n) is 2.62. The summed E-state index contributed by atoms with van der Waals surface area (Å²) in [6.07, 6.45) is 0. The van der Waals surface area contributed by atoms with Crippen LogP contribution < -0.4 is 5.09 Å². The van der Waals surface area contributed by atoms with Crippen LogP contribution in [0.15, 0.2) is 0 Å². The molecule has 64 valence electrons. The van der Waals surface area contributed by atoms with Gasteiger partial charge in [0.15, 0.2) is 5.78 Å². The zero-order chi connectivity index (χ0) is 8.27. The minimum Gasteiger partial charge on any atom is -0.298 e. The van der Waals surface area contributed by atoms with E-state index in [1.165, 1.54) is 0 Å². The number of nitrogens with one attached hydrogen (secondary N) is 1. The van der Waals surface area contributed by atoms with Gasteiger partial charge in [0.05, 0.1) is 6.54 Å². The minimum absolute atomic E-state index is 0.209. The van der Waals surface area contributed by atoms with Gasteiger partial charge < -0.3 is 0 Å². The van der Waals surface area contributed by atoms with E-state index >= 15 is 0 Å². The van der Waals surface area contributed by atoms with Crippen molar-refractivity contribution in [2.75, 3.05) is 19.6 Å². The van der Waals surface area contributed by atoms with E-state index in [0.717, 1.165) is 13.1 Å². The van der Waals surface area contributed by atoms with E-state index in [1.807, 2.05) is 4.67 Å². The lowest BCUT2D eigenvalue weighted by atomic mass is 10.1. The molecule has 0 aromatic rings. The lowest BCUT2D eigenvalue weighted by Crippen LogP contribution is -2.22. The average Bonchev–Trinajstić information content (AvgIpc) is 2.26. The van der Waals surface area contributed by atoms with Gasteiger partial charge in [0.25, 0.3) is 0 Å². The molecule has 6 heteroatoms. The lowest BCUT2D eigenvalue weighted by Gasteiger charge is -2.07. The number of nitrogens with zero attached hydrogens (tertiary/aromatic N) is 1. The van der Waals surface area contributed by atoms with Crippen molar-refractivity contribution in [1.29, 1.82) is 0 Å². The molecule has 1 aliphatic heterocycles. The molecule has 0 saturated carbocycles. The molecule has 11 heavy (non-hydrogen) atoms. The van der Waals surface area contributed by atoms with Gasteiger partial charge in [-0.1, -0.05) is 18.3 Å². The zero-order valence-electron chi connectivity index (χ0n) is 6.21. The third kappa shape index (κ3) is 3.01.